The van der Waals surface area contributed by atoms with Crippen molar-refractivity contribution in [2.75, 3.05) is 25.0 Å². The number of benzene rings is 2. The van der Waals surface area contributed by atoms with Crippen molar-refractivity contribution in [3.05, 3.63) is 53.6 Å². The second-order valence-electron chi connectivity index (χ2n) is 5.44. The van der Waals surface area contributed by atoms with Crippen molar-refractivity contribution in [2.45, 2.75) is 9.79 Å². The number of anilines is 1. The van der Waals surface area contributed by atoms with Gasteiger partial charge in [0.15, 0.2) is 0 Å². The predicted molar refractivity (Wildman–Crippen MR) is 93.2 cm³/mol. The lowest BCUT2D eigenvalue weighted by atomic mass is 10.0. The number of nitrogens with one attached hydrogen (secondary N) is 1. The van der Waals surface area contributed by atoms with Crippen LogP contribution in [0.15, 0.2) is 58.3 Å². The molecule has 0 atom stereocenters. The number of carbonyl (C=O) groups is 1. The van der Waals surface area contributed by atoms with Gasteiger partial charge in [-0.2, -0.15) is 0 Å². The van der Waals surface area contributed by atoms with Gasteiger partial charge in [0.1, 0.15) is 0 Å². The maximum absolute atomic E-state index is 12.0. The van der Waals surface area contributed by atoms with Crippen LogP contribution in [0.2, 0.25) is 5.02 Å². The summed E-state index contributed by atoms with van der Waals surface area (Å²) in [7, 11) is 0. The number of hydrogen-bond acceptors (Lipinski definition) is 3. The van der Waals surface area contributed by atoms with Crippen molar-refractivity contribution in [1.82, 2.24) is 4.90 Å². The van der Waals surface area contributed by atoms with E-state index in [1.807, 2.05) is 42.5 Å². The van der Waals surface area contributed by atoms with Crippen molar-refractivity contribution >= 4 is 35.1 Å². The van der Waals surface area contributed by atoms with Crippen LogP contribution in [0.25, 0.3) is 0 Å². The molecule has 1 heterocycles. The van der Waals surface area contributed by atoms with Crippen molar-refractivity contribution < 1.29 is 9.90 Å². The van der Waals surface area contributed by atoms with Crippen LogP contribution in [0.1, 0.15) is 0 Å². The molecule has 0 radical (unpaired) electrons. The molecular weight excluding hydrogens is 332 g/mol. The zero-order valence-electron chi connectivity index (χ0n) is 12.4. The fourth-order valence-electron chi connectivity index (χ4n) is 2.33. The van der Waals surface area contributed by atoms with Gasteiger partial charge in [-0.05, 0) is 30.3 Å². The molecule has 0 aromatic heterocycles. The molecule has 1 aliphatic rings. The Balaban J connectivity index is 1.62. The molecule has 23 heavy (non-hydrogen) atoms. The molecular formula is C17H17ClN2O2S. The van der Waals surface area contributed by atoms with Gasteiger partial charge in [0.05, 0.1) is 5.02 Å². The Hall–Kier alpha value is -1.69. The van der Waals surface area contributed by atoms with E-state index in [1.54, 1.807) is 22.7 Å². The molecule has 2 N–H and O–H groups in total. The molecule has 6 heteroatoms. The highest BCUT2D eigenvalue weighted by Gasteiger charge is 2.29. The molecule has 3 rings (SSSR count). The summed E-state index contributed by atoms with van der Waals surface area (Å²) in [5.74, 6) is 0.203. The van der Waals surface area contributed by atoms with E-state index in [9.17, 15) is 4.79 Å². The number of rotatable bonds is 4. The first-order chi connectivity index (χ1) is 11.2. The minimum Gasteiger partial charge on any atom is -0.396 e. The molecule has 4 nitrogen and oxygen atoms in total. The lowest BCUT2D eigenvalue weighted by Crippen LogP contribution is -2.52. The summed E-state index contributed by atoms with van der Waals surface area (Å²) in [4.78, 5) is 15.8. The van der Waals surface area contributed by atoms with Gasteiger partial charge in [0, 0.05) is 41.1 Å². The predicted octanol–water partition coefficient (Wildman–Crippen LogP) is 3.95. The number of hydrogen-bond donors (Lipinski definition) is 2. The van der Waals surface area contributed by atoms with E-state index in [0.717, 1.165) is 9.79 Å². The quantitative estimate of drug-likeness (QED) is 0.879. The number of aliphatic hydroxyl groups excluding tert-OH is 1. The number of halogens is 1. The third-order valence-corrected chi connectivity index (χ3v) is 5.17. The third kappa shape index (κ3) is 3.99. The number of urea groups is 1. The summed E-state index contributed by atoms with van der Waals surface area (Å²) in [6.07, 6.45) is 0. The van der Waals surface area contributed by atoms with E-state index >= 15 is 0 Å². The first kappa shape index (κ1) is 16.2. The Morgan fingerprint density at radius 2 is 2.00 bits per heavy atom. The SMILES string of the molecule is O=C(Nc1ccc(Sc2ccccc2)c(Cl)c1)N1CC(CO)C1. The van der Waals surface area contributed by atoms with Crippen molar-refractivity contribution in [3.8, 4) is 0 Å². The Kier molecular flexibility index (Phi) is 5.10. The fourth-order valence-corrected chi connectivity index (χ4v) is 3.47. The smallest absolute Gasteiger partial charge is 0.321 e. The van der Waals surface area contributed by atoms with Crippen LogP contribution >= 0.6 is 23.4 Å². The summed E-state index contributed by atoms with van der Waals surface area (Å²) < 4.78 is 0. The Morgan fingerprint density at radius 3 is 2.65 bits per heavy atom. The molecule has 2 aromatic carbocycles. The van der Waals surface area contributed by atoms with Crippen LogP contribution in [-0.4, -0.2) is 35.7 Å². The molecule has 2 aromatic rings. The van der Waals surface area contributed by atoms with Gasteiger partial charge in [0.25, 0.3) is 0 Å². The summed E-state index contributed by atoms with van der Waals surface area (Å²) >= 11 is 7.90. The van der Waals surface area contributed by atoms with Crippen molar-refractivity contribution in [1.29, 1.82) is 0 Å². The minimum atomic E-state index is -0.158. The van der Waals surface area contributed by atoms with Gasteiger partial charge in [-0.25, -0.2) is 4.79 Å². The molecule has 1 fully saturated rings. The van der Waals surface area contributed by atoms with Gasteiger partial charge in [-0.15, -0.1) is 0 Å². The van der Waals surface area contributed by atoms with E-state index in [4.69, 9.17) is 16.7 Å². The normalized spacial score (nSPS) is 14.4. The number of likely N-dealkylation sites (tertiary alicyclic amines) is 1. The minimum absolute atomic E-state index is 0.126. The average Bonchev–Trinajstić information content (AvgIpc) is 2.50. The Bertz CT molecular complexity index is 690. The molecule has 0 unspecified atom stereocenters. The molecule has 0 aliphatic carbocycles. The van der Waals surface area contributed by atoms with Gasteiger partial charge in [-0.1, -0.05) is 41.6 Å². The zero-order valence-corrected chi connectivity index (χ0v) is 14.0. The zero-order chi connectivity index (χ0) is 16.2. The van der Waals surface area contributed by atoms with Crippen LogP contribution in [0.4, 0.5) is 10.5 Å². The first-order valence-corrected chi connectivity index (χ1v) is 8.54. The van der Waals surface area contributed by atoms with E-state index in [0.29, 0.717) is 23.8 Å². The van der Waals surface area contributed by atoms with Crippen LogP contribution in [-0.2, 0) is 0 Å². The maximum Gasteiger partial charge on any atom is 0.321 e. The van der Waals surface area contributed by atoms with Gasteiger partial charge in [0.2, 0.25) is 0 Å². The van der Waals surface area contributed by atoms with Crippen LogP contribution in [0.5, 0.6) is 0 Å². The molecule has 0 bridgehead atoms. The van der Waals surface area contributed by atoms with Crippen molar-refractivity contribution in [3.63, 3.8) is 0 Å². The van der Waals surface area contributed by atoms with Crippen molar-refractivity contribution in [2.24, 2.45) is 5.92 Å². The number of aliphatic hydroxyl groups is 1. The topological polar surface area (TPSA) is 52.6 Å². The summed E-state index contributed by atoms with van der Waals surface area (Å²) in [5.41, 5.74) is 0.671. The molecule has 0 saturated carbocycles. The monoisotopic (exact) mass is 348 g/mol. The Labute approximate surface area is 144 Å². The van der Waals surface area contributed by atoms with E-state index in [2.05, 4.69) is 5.32 Å². The molecule has 120 valence electrons. The number of carbonyl (C=O) groups excluding carboxylic acids is 1. The molecule has 2 amide bonds. The van der Waals surface area contributed by atoms with Gasteiger partial charge in [-0.3, -0.25) is 0 Å². The largest absolute Gasteiger partial charge is 0.396 e. The first-order valence-electron chi connectivity index (χ1n) is 7.35. The molecule has 1 saturated heterocycles. The van der Waals surface area contributed by atoms with E-state index in [1.165, 1.54) is 0 Å². The second-order valence-corrected chi connectivity index (χ2v) is 6.97. The summed E-state index contributed by atoms with van der Waals surface area (Å²) in [5, 5.41) is 12.4. The maximum atomic E-state index is 12.0. The molecule has 0 spiro atoms. The standard InChI is InChI=1S/C17H17ClN2O2S/c18-15-8-13(19-17(22)20-9-12(10-20)11-21)6-7-16(15)23-14-4-2-1-3-5-14/h1-8,12,21H,9-11H2,(H,19,22). The third-order valence-electron chi connectivity index (χ3n) is 3.66. The highest BCUT2D eigenvalue weighted by molar-refractivity contribution is 7.99. The highest BCUT2D eigenvalue weighted by Crippen LogP contribution is 2.34. The van der Waals surface area contributed by atoms with E-state index in [-0.39, 0.29) is 18.6 Å². The van der Waals surface area contributed by atoms with Crippen LogP contribution in [0, 0.1) is 5.92 Å². The lowest BCUT2D eigenvalue weighted by Gasteiger charge is -2.38. The summed E-state index contributed by atoms with van der Waals surface area (Å²) in [6, 6.07) is 15.3. The Morgan fingerprint density at radius 1 is 1.26 bits per heavy atom. The average molecular weight is 349 g/mol. The lowest BCUT2D eigenvalue weighted by molar-refractivity contribution is 0.0838. The number of nitrogens with zero attached hydrogens (tertiary/aromatic N) is 1. The van der Waals surface area contributed by atoms with Gasteiger partial charge < -0.3 is 15.3 Å². The number of amides is 2. The van der Waals surface area contributed by atoms with Gasteiger partial charge >= 0.3 is 6.03 Å². The van der Waals surface area contributed by atoms with E-state index < -0.39 is 0 Å². The second kappa shape index (κ2) is 7.25. The van der Waals surface area contributed by atoms with Crippen LogP contribution < -0.4 is 5.32 Å². The molecule has 1 aliphatic heterocycles. The summed E-state index contributed by atoms with van der Waals surface area (Å²) in [6.45, 7) is 1.32. The van der Waals surface area contributed by atoms with Crippen LogP contribution in [0.3, 0.4) is 0 Å². The highest BCUT2D eigenvalue weighted by atomic mass is 35.5. The fraction of sp³-hybridized carbons (Fsp3) is 0.235.